The maximum atomic E-state index is 12.1. The molecule has 2 saturated carbocycles. The zero-order chi connectivity index (χ0) is 14.9. The predicted octanol–water partition coefficient (Wildman–Crippen LogP) is 1.58. The Bertz CT molecular complexity index is 553. The summed E-state index contributed by atoms with van der Waals surface area (Å²) in [6.45, 7) is 3.81. The molecule has 5 heteroatoms. The van der Waals surface area contributed by atoms with Gasteiger partial charge in [0.25, 0.3) is 0 Å². The standard InChI is InChI=1S/C17H23N3O2/c21-17(15-10-14(15)12-4-5-12)18-11-13-2-1-3-16(19-13)20-6-8-22-9-7-20/h1-3,12,14-15H,4-11H2,(H,18,21). The average molecular weight is 301 g/mol. The lowest BCUT2D eigenvalue weighted by atomic mass is 10.2. The van der Waals surface area contributed by atoms with Crippen LogP contribution in [0, 0.1) is 17.8 Å². The van der Waals surface area contributed by atoms with Crippen LogP contribution in [0.3, 0.4) is 0 Å². The highest BCUT2D eigenvalue weighted by Crippen LogP contribution is 2.54. The Morgan fingerprint density at radius 1 is 1.32 bits per heavy atom. The summed E-state index contributed by atoms with van der Waals surface area (Å²) in [4.78, 5) is 19.0. The third-order valence-electron chi connectivity index (χ3n) is 4.97. The number of pyridine rings is 1. The van der Waals surface area contributed by atoms with Crippen molar-refractivity contribution in [2.75, 3.05) is 31.2 Å². The van der Waals surface area contributed by atoms with Crippen LogP contribution in [0.2, 0.25) is 0 Å². The number of amides is 1. The van der Waals surface area contributed by atoms with E-state index in [0.717, 1.165) is 50.2 Å². The topological polar surface area (TPSA) is 54.5 Å². The summed E-state index contributed by atoms with van der Waals surface area (Å²) in [5.74, 6) is 2.99. The highest BCUT2D eigenvalue weighted by atomic mass is 16.5. The minimum atomic E-state index is 0.218. The molecule has 1 N–H and O–H groups in total. The van der Waals surface area contributed by atoms with E-state index in [2.05, 4.69) is 15.2 Å². The Morgan fingerprint density at radius 3 is 2.91 bits per heavy atom. The van der Waals surface area contributed by atoms with E-state index in [1.165, 1.54) is 12.8 Å². The fourth-order valence-corrected chi connectivity index (χ4v) is 3.40. The van der Waals surface area contributed by atoms with Crippen LogP contribution in [-0.2, 0) is 16.1 Å². The lowest BCUT2D eigenvalue weighted by Crippen LogP contribution is -2.37. The van der Waals surface area contributed by atoms with Crippen LogP contribution in [0.1, 0.15) is 25.0 Å². The number of carbonyl (C=O) groups is 1. The van der Waals surface area contributed by atoms with E-state index in [0.29, 0.717) is 12.5 Å². The Hall–Kier alpha value is -1.62. The SMILES string of the molecule is O=C(NCc1cccc(N2CCOCC2)n1)C1CC1C1CC1. The molecule has 1 saturated heterocycles. The molecule has 2 atom stereocenters. The summed E-state index contributed by atoms with van der Waals surface area (Å²) < 4.78 is 5.37. The fraction of sp³-hybridized carbons (Fsp3) is 0.647. The molecule has 0 bridgehead atoms. The minimum Gasteiger partial charge on any atom is -0.378 e. The quantitative estimate of drug-likeness (QED) is 0.897. The lowest BCUT2D eigenvalue weighted by molar-refractivity contribution is -0.122. The molecule has 5 nitrogen and oxygen atoms in total. The van der Waals surface area contributed by atoms with Crippen molar-refractivity contribution in [3.63, 3.8) is 0 Å². The maximum Gasteiger partial charge on any atom is 0.223 e. The second kappa shape index (κ2) is 5.88. The molecule has 22 heavy (non-hydrogen) atoms. The summed E-state index contributed by atoms with van der Waals surface area (Å²) in [5, 5.41) is 3.06. The van der Waals surface area contributed by atoms with Crippen LogP contribution in [0.15, 0.2) is 18.2 Å². The summed E-state index contributed by atoms with van der Waals surface area (Å²) in [5.41, 5.74) is 0.931. The first-order chi connectivity index (χ1) is 10.8. The third kappa shape index (κ3) is 3.09. The zero-order valence-electron chi connectivity index (χ0n) is 12.8. The Morgan fingerprint density at radius 2 is 2.14 bits per heavy atom. The second-order valence-corrected chi connectivity index (χ2v) is 6.65. The van der Waals surface area contributed by atoms with Crippen LogP contribution < -0.4 is 10.2 Å². The smallest absolute Gasteiger partial charge is 0.223 e. The first-order valence-corrected chi connectivity index (χ1v) is 8.37. The maximum absolute atomic E-state index is 12.1. The molecule has 2 aliphatic carbocycles. The largest absolute Gasteiger partial charge is 0.378 e. The van der Waals surface area contributed by atoms with Gasteiger partial charge in [0.05, 0.1) is 25.5 Å². The third-order valence-corrected chi connectivity index (χ3v) is 4.97. The van der Waals surface area contributed by atoms with Crippen molar-refractivity contribution >= 4 is 11.7 Å². The fourth-order valence-electron chi connectivity index (χ4n) is 3.40. The number of rotatable bonds is 5. The van der Waals surface area contributed by atoms with Gasteiger partial charge in [0.15, 0.2) is 0 Å². The Labute approximate surface area is 131 Å². The van der Waals surface area contributed by atoms with Crippen molar-refractivity contribution in [3.8, 4) is 0 Å². The second-order valence-electron chi connectivity index (χ2n) is 6.65. The van der Waals surface area contributed by atoms with E-state index in [1.807, 2.05) is 18.2 Å². The molecule has 0 spiro atoms. The van der Waals surface area contributed by atoms with Crippen molar-refractivity contribution in [1.29, 1.82) is 0 Å². The molecule has 1 aliphatic heterocycles. The van der Waals surface area contributed by atoms with Crippen molar-refractivity contribution in [2.45, 2.75) is 25.8 Å². The van der Waals surface area contributed by atoms with Crippen molar-refractivity contribution in [3.05, 3.63) is 23.9 Å². The van der Waals surface area contributed by atoms with Crippen LogP contribution in [0.4, 0.5) is 5.82 Å². The number of nitrogens with zero attached hydrogens (tertiary/aromatic N) is 2. The highest BCUT2D eigenvalue weighted by Gasteiger charge is 2.50. The van der Waals surface area contributed by atoms with Gasteiger partial charge in [0.1, 0.15) is 5.82 Å². The molecule has 4 rings (SSSR count). The van der Waals surface area contributed by atoms with Crippen molar-refractivity contribution in [1.82, 2.24) is 10.3 Å². The van der Waals surface area contributed by atoms with E-state index in [9.17, 15) is 4.79 Å². The molecular formula is C17H23N3O2. The van der Waals surface area contributed by atoms with Crippen LogP contribution >= 0.6 is 0 Å². The van der Waals surface area contributed by atoms with E-state index in [-0.39, 0.29) is 11.8 Å². The van der Waals surface area contributed by atoms with Gasteiger partial charge in [-0.15, -0.1) is 0 Å². The summed E-state index contributed by atoms with van der Waals surface area (Å²) in [6.07, 6.45) is 3.76. The van der Waals surface area contributed by atoms with E-state index in [4.69, 9.17) is 4.74 Å². The number of morpholine rings is 1. The van der Waals surface area contributed by atoms with Gasteiger partial charge in [-0.1, -0.05) is 6.07 Å². The van der Waals surface area contributed by atoms with E-state index >= 15 is 0 Å². The molecule has 3 fully saturated rings. The van der Waals surface area contributed by atoms with Gasteiger partial charge >= 0.3 is 0 Å². The number of nitrogens with one attached hydrogen (secondary N) is 1. The lowest BCUT2D eigenvalue weighted by Gasteiger charge is -2.28. The summed E-state index contributed by atoms with van der Waals surface area (Å²) >= 11 is 0. The van der Waals surface area contributed by atoms with Gasteiger partial charge in [-0.3, -0.25) is 4.79 Å². The molecule has 0 radical (unpaired) electrons. The normalized spacial score (nSPS) is 27.5. The molecule has 118 valence electrons. The molecular weight excluding hydrogens is 278 g/mol. The molecule has 1 aromatic heterocycles. The minimum absolute atomic E-state index is 0.218. The van der Waals surface area contributed by atoms with Gasteiger partial charge in [-0.05, 0) is 43.2 Å². The van der Waals surface area contributed by atoms with Crippen molar-refractivity contribution in [2.24, 2.45) is 17.8 Å². The molecule has 2 unspecified atom stereocenters. The van der Waals surface area contributed by atoms with E-state index in [1.54, 1.807) is 0 Å². The molecule has 2 heterocycles. The Balaban J connectivity index is 1.31. The van der Waals surface area contributed by atoms with Crippen LogP contribution in [0.25, 0.3) is 0 Å². The monoisotopic (exact) mass is 301 g/mol. The van der Waals surface area contributed by atoms with Gasteiger partial charge in [0.2, 0.25) is 5.91 Å². The first-order valence-electron chi connectivity index (χ1n) is 8.37. The number of aromatic nitrogens is 1. The number of anilines is 1. The van der Waals surface area contributed by atoms with Gasteiger partial charge in [-0.25, -0.2) is 4.98 Å². The summed E-state index contributed by atoms with van der Waals surface area (Å²) in [6, 6.07) is 6.03. The average Bonchev–Trinajstić information content (AvgIpc) is 3.45. The number of carbonyl (C=O) groups excluding carboxylic acids is 1. The molecule has 1 aromatic rings. The number of ether oxygens (including phenoxy) is 1. The number of hydrogen-bond donors (Lipinski definition) is 1. The highest BCUT2D eigenvalue weighted by molar-refractivity contribution is 5.81. The van der Waals surface area contributed by atoms with Gasteiger partial charge in [-0.2, -0.15) is 0 Å². The molecule has 1 amide bonds. The van der Waals surface area contributed by atoms with E-state index < -0.39 is 0 Å². The Kier molecular flexibility index (Phi) is 3.74. The van der Waals surface area contributed by atoms with Crippen LogP contribution in [-0.4, -0.2) is 37.2 Å². The van der Waals surface area contributed by atoms with Gasteiger partial charge < -0.3 is 15.0 Å². The predicted molar refractivity (Wildman–Crippen MR) is 83.4 cm³/mol. The molecule has 3 aliphatic rings. The van der Waals surface area contributed by atoms with Crippen LogP contribution in [0.5, 0.6) is 0 Å². The number of hydrogen-bond acceptors (Lipinski definition) is 4. The first kappa shape index (κ1) is 14.0. The molecule has 0 aromatic carbocycles. The van der Waals surface area contributed by atoms with Gasteiger partial charge in [0, 0.05) is 19.0 Å². The summed E-state index contributed by atoms with van der Waals surface area (Å²) in [7, 11) is 0. The van der Waals surface area contributed by atoms with Crippen molar-refractivity contribution < 1.29 is 9.53 Å². The zero-order valence-corrected chi connectivity index (χ0v) is 12.8.